The Morgan fingerprint density at radius 3 is 1.72 bits per heavy atom. The highest BCUT2D eigenvalue weighted by atomic mass is 14.9. The van der Waals surface area contributed by atoms with Crippen LogP contribution in [0.3, 0.4) is 0 Å². The van der Waals surface area contributed by atoms with E-state index in [1.807, 2.05) is 6.07 Å². The van der Waals surface area contributed by atoms with Crippen LogP contribution < -0.4 is 0 Å². The van der Waals surface area contributed by atoms with Crippen LogP contribution in [0, 0.1) is 0 Å². The third-order valence-corrected chi connectivity index (χ3v) is 13.8. The Bertz CT molecular complexity index is 3400. The molecule has 9 aromatic carbocycles. The lowest BCUT2D eigenvalue weighted by atomic mass is 9.74. The van der Waals surface area contributed by atoms with Crippen molar-refractivity contribution in [2.45, 2.75) is 31.6 Å². The summed E-state index contributed by atoms with van der Waals surface area (Å²) in [5, 5.41) is 4.93. The van der Waals surface area contributed by atoms with Crippen molar-refractivity contribution >= 4 is 21.5 Å². The van der Waals surface area contributed by atoms with Gasteiger partial charge in [-0.1, -0.05) is 190 Å². The topological polar surface area (TPSA) is 25.8 Å². The normalized spacial score (nSPS) is 15.7. The Labute approximate surface area is 356 Å². The summed E-state index contributed by atoms with van der Waals surface area (Å²) in [5.41, 5.74) is 18.8. The lowest BCUT2D eigenvalue weighted by Crippen LogP contribution is -2.22. The Kier molecular flexibility index (Phi) is 7.74. The van der Waals surface area contributed by atoms with E-state index in [1.165, 1.54) is 77.4 Å². The van der Waals surface area contributed by atoms with E-state index in [9.17, 15) is 0 Å². The third kappa shape index (κ3) is 5.28. The van der Waals surface area contributed by atoms with E-state index in [2.05, 4.69) is 215 Å². The van der Waals surface area contributed by atoms with Crippen LogP contribution in [0.4, 0.5) is 0 Å². The molecule has 61 heavy (non-hydrogen) atoms. The number of rotatable bonds is 5. The molecule has 12 rings (SSSR count). The molecule has 288 valence electrons. The van der Waals surface area contributed by atoms with Crippen LogP contribution in [0.5, 0.6) is 0 Å². The predicted molar refractivity (Wildman–Crippen MR) is 254 cm³/mol. The summed E-state index contributed by atoms with van der Waals surface area (Å²) in [6.45, 7) is 7.09. The Balaban J connectivity index is 1.04. The first-order valence-corrected chi connectivity index (χ1v) is 21.3. The second-order valence-electron chi connectivity index (χ2n) is 17.4. The quantitative estimate of drug-likeness (QED) is 0.174. The Morgan fingerprint density at radius 1 is 0.344 bits per heavy atom. The van der Waals surface area contributed by atoms with Gasteiger partial charge >= 0.3 is 0 Å². The molecule has 0 N–H and O–H groups in total. The molecule has 0 spiro atoms. The van der Waals surface area contributed by atoms with E-state index in [4.69, 9.17) is 9.97 Å². The molecular formula is C59H42N2. The first kappa shape index (κ1) is 35.5. The molecule has 1 aromatic heterocycles. The van der Waals surface area contributed by atoms with Gasteiger partial charge in [-0.3, -0.25) is 0 Å². The molecule has 2 heteroatoms. The summed E-state index contributed by atoms with van der Waals surface area (Å²) in [6, 6.07) is 73.2. The average molecular weight is 779 g/mol. The van der Waals surface area contributed by atoms with Gasteiger partial charge in [-0.05, 0) is 114 Å². The molecule has 1 heterocycles. The molecule has 0 aliphatic heterocycles. The molecule has 0 fully saturated rings. The summed E-state index contributed by atoms with van der Waals surface area (Å²) in [5.74, 6) is 0.711. The molecule has 2 aliphatic carbocycles. The van der Waals surface area contributed by atoms with Gasteiger partial charge in [0.05, 0.1) is 11.4 Å². The number of benzene rings is 9. The fourth-order valence-electron chi connectivity index (χ4n) is 10.7. The molecule has 0 radical (unpaired) electrons. The molecule has 2 nitrogen and oxygen atoms in total. The van der Waals surface area contributed by atoms with E-state index in [0.717, 1.165) is 33.5 Å². The standard InChI is InChI=1S/C59H42N2/c1-58(2)50-32-29-40(34-48(50)49-33-38-19-10-11-20-39(38)35-53(49)58)42-30-31-45(44-24-13-12-23-43(42)44)54-36-55(61-57(60-54)37-17-6-4-7-18-37)47-26-16-28-52-56(47)46-25-14-15-27-51(46)59(52,3)41-21-8-5-9-22-41/h4-36H,1-3H3. The van der Waals surface area contributed by atoms with Crippen molar-refractivity contribution in [3.8, 4) is 67.3 Å². The third-order valence-electron chi connectivity index (χ3n) is 13.8. The highest BCUT2D eigenvalue weighted by molar-refractivity contribution is 6.06. The van der Waals surface area contributed by atoms with Crippen molar-refractivity contribution in [2.75, 3.05) is 0 Å². The number of fused-ring (bicyclic) bond motifs is 8. The van der Waals surface area contributed by atoms with Crippen molar-refractivity contribution < 1.29 is 0 Å². The predicted octanol–water partition coefficient (Wildman–Crippen LogP) is 15.1. The largest absolute Gasteiger partial charge is 0.228 e. The van der Waals surface area contributed by atoms with Crippen LogP contribution in [-0.2, 0) is 10.8 Å². The van der Waals surface area contributed by atoms with Gasteiger partial charge in [-0.25, -0.2) is 9.97 Å². The molecule has 2 aliphatic rings. The van der Waals surface area contributed by atoms with Gasteiger partial charge in [0.15, 0.2) is 5.82 Å². The molecule has 1 atom stereocenters. The first-order valence-electron chi connectivity index (χ1n) is 21.3. The molecule has 0 saturated heterocycles. The van der Waals surface area contributed by atoms with Gasteiger partial charge in [-0.2, -0.15) is 0 Å². The Hall–Kier alpha value is -7.42. The maximum Gasteiger partial charge on any atom is 0.160 e. The molecule has 1 unspecified atom stereocenters. The summed E-state index contributed by atoms with van der Waals surface area (Å²) in [6.07, 6.45) is 0. The van der Waals surface area contributed by atoms with Crippen LogP contribution in [0.15, 0.2) is 200 Å². The minimum absolute atomic E-state index is 0.0819. The average Bonchev–Trinajstić information content (AvgIpc) is 3.71. The monoisotopic (exact) mass is 778 g/mol. The number of aromatic nitrogens is 2. The molecule has 0 bridgehead atoms. The van der Waals surface area contributed by atoms with Gasteiger partial charge in [0.25, 0.3) is 0 Å². The van der Waals surface area contributed by atoms with Crippen molar-refractivity contribution in [1.82, 2.24) is 9.97 Å². The van der Waals surface area contributed by atoms with E-state index < -0.39 is 0 Å². The van der Waals surface area contributed by atoms with Gasteiger partial charge in [0.1, 0.15) is 0 Å². The van der Waals surface area contributed by atoms with E-state index in [1.54, 1.807) is 0 Å². The smallest absolute Gasteiger partial charge is 0.160 e. The summed E-state index contributed by atoms with van der Waals surface area (Å²) in [4.78, 5) is 10.8. The maximum absolute atomic E-state index is 5.39. The molecule has 10 aromatic rings. The van der Waals surface area contributed by atoms with E-state index in [-0.39, 0.29) is 10.8 Å². The van der Waals surface area contributed by atoms with Gasteiger partial charge < -0.3 is 0 Å². The summed E-state index contributed by atoms with van der Waals surface area (Å²) >= 11 is 0. The summed E-state index contributed by atoms with van der Waals surface area (Å²) in [7, 11) is 0. The second-order valence-corrected chi connectivity index (χ2v) is 17.4. The second kappa shape index (κ2) is 13.3. The molecule has 0 amide bonds. The first-order chi connectivity index (χ1) is 29.9. The van der Waals surface area contributed by atoms with Gasteiger partial charge in [0, 0.05) is 27.5 Å². The number of hydrogen-bond donors (Lipinski definition) is 0. The summed E-state index contributed by atoms with van der Waals surface area (Å²) < 4.78 is 0. The lowest BCUT2D eigenvalue weighted by Gasteiger charge is -2.28. The lowest BCUT2D eigenvalue weighted by molar-refractivity contribution is 0.661. The zero-order chi connectivity index (χ0) is 40.9. The van der Waals surface area contributed by atoms with E-state index in [0.29, 0.717) is 5.82 Å². The minimum atomic E-state index is -0.309. The molecular weight excluding hydrogens is 737 g/mol. The van der Waals surface area contributed by atoms with Gasteiger partial charge in [0.2, 0.25) is 0 Å². The van der Waals surface area contributed by atoms with Crippen LogP contribution >= 0.6 is 0 Å². The fourth-order valence-corrected chi connectivity index (χ4v) is 10.7. The number of nitrogens with zero attached hydrogens (tertiary/aromatic N) is 2. The maximum atomic E-state index is 5.39. The SMILES string of the molecule is CC1(C)c2ccc(-c3ccc(-c4cc(-c5cccc6c5-c5ccccc5C6(C)c5ccccc5)nc(-c5ccccc5)n4)c4ccccc34)cc2-c2cc3ccccc3cc21. The van der Waals surface area contributed by atoms with Crippen molar-refractivity contribution in [3.63, 3.8) is 0 Å². The highest BCUT2D eigenvalue weighted by Crippen LogP contribution is 2.55. The molecule has 0 saturated carbocycles. The number of hydrogen-bond acceptors (Lipinski definition) is 2. The zero-order valence-corrected chi connectivity index (χ0v) is 34.4. The van der Waals surface area contributed by atoms with Crippen molar-refractivity contribution in [2.24, 2.45) is 0 Å². The van der Waals surface area contributed by atoms with Crippen molar-refractivity contribution in [3.05, 3.63) is 228 Å². The minimum Gasteiger partial charge on any atom is -0.228 e. The zero-order valence-electron chi connectivity index (χ0n) is 34.4. The highest BCUT2D eigenvalue weighted by Gasteiger charge is 2.42. The van der Waals surface area contributed by atoms with Crippen LogP contribution in [0.1, 0.15) is 48.6 Å². The van der Waals surface area contributed by atoms with E-state index >= 15 is 0 Å². The fraction of sp³-hybridized carbons (Fsp3) is 0.0847. The van der Waals surface area contributed by atoms with Crippen LogP contribution in [0.2, 0.25) is 0 Å². The van der Waals surface area contributed by atoms with Gasteiger partial charge in [-0.15, -0.1) is 0 Å². The van der Waals surface area contributed by atoms with Crippen LogP contribution in [-0.4, -0.2) is 9.97 Å². The van der Waals surface area contributed by atoms with Crippen molar-refractivity contribution in [1.29, 1.82) is 0 Å². The Morgan fingerprint density at radius 2 is 0.934 bits per heavy atom. The van der Waals surface area contributed by atoms with Crippen LogP contribution in [0.25, 0.3) is 88.8 Å².